The fourth-order valence-electron chi connectivity index (χ4n) is 2.92. The minimum atomic E-state index is -0.0343. The van der Waals surface area contributed by atoms with Gasteiger partial charge < -0.3 is 15.1 Å². The van der Waals surface area contributed by atoms with Crippen molar-refractivity contribution in [2.24, 2.45) is 0 Å². The van der Waals surface area contributed by atoms with Gasteiger partial charge in [0.15, 0.2) is 13.1 Å². The minimum Gasteiger partial charge on any atom is -0.349 e. The zero-order chi connectivity index (χ0) is 19.6. The van der Waals surface area contributed by atoms with Gasteiger partial charge in [0, 0.05) is 19.1 Å². The van der Waals surface area contributed by atoms with Gasteiger partial charge in [-0.15, -0.1) is 0 Å². The molecule has 0 aliphatic carbocycles. The molecule has 2 N–H and O–H groups in total. The summed E-state index contributed by atoms with van der Waals surface area (Å²) in [6.45, 7) is 5.54. The van der Waals surface area contributed by atoms with Crippen LogP contribution in [0.3, 0.4) is 0 Å². The summed E-state index contributed by atoms with van der Waals surface area (Å²) in [6.07, 6.45) is 0. The van der Waals surface area contributed by atoms with Crippen LogP contribution in [0.15, 0.2) is 60.7 Å². The van der Waals surface area contributed by atoms with Crippen LogP contribution >= 0.6 is 0 Å². The van der Waals surface area contributed by atoms with Gasteiger partial charge in [-0.3, -0.25) is 9.59 Å². The molecule has 0 bridgehead atoms. The van der Waals surface area contributed by atoms with E-state index in [1.807, 2.05) is 86.5 Å². The lowest BCUT2D eigenvalue weighted by Crippen LogP contribution is -3.11. The average Bonchev–Trinajstić information content (AvgIpc) is 2.62. The topological polar surface area (TPSA) is 53.9 Å². The maximum Gasteiger partial charge on any atom is 0.278 e. The summed E-state index contributed by atoms with van der Waals surface area (Å²) in [7, 11) is 1.88. The maximum atomic E-state index is 12.9. The van der Waals surface area contributed by atoms with Crippen molar-refractivity contribution >= 4 is 11.8 Å². The lowest BCUT2D eigenvalue weighted by molar-refractivity contribution is -0.863. The molecule has 2 rings (SSSR count). The SMILES string of the molecule is CC(C)NC(=O)C[NH+](C)CC(=O)N(Cc1ccccc1)Cc1ccccc1. The number of carbonyl (C=O) groups is 2. The Kier molecular flexibility index (Phi) is 8.01. The molecule has 5 nitrogen and oxygen atoms in total. The molecule has 2 amide bonds. The third kappa shape index (κ3) is 7.62. The third-order valence-corrected chi connectivity index (χ3v) is 4.15. The van der Waals surface area contributed by atoms with E-state index in [0.29, 0.717) is 13.1 Å². The standard InChI is InChI=1S/C22H29N3O2/c1-18(2)23-21(26)16-24(3)17-22(27)25(14-19-10-6-4-7-11-19)15-20-12-8-5-9-13-20/h4-13,18H,14-17H2,1-3H3,(H,23,26)/p+1. The molecule has 1 atom stereocenters. The Labute approximate surface area is 162 Å². The van der Waals surface area contributed by atoms with Gasteiger partial charge in [0.05, 0.1) is 7.05 Å². The van der Waals surface area contributed by atoms with Crippen molar-refractivity contribution < 1.29 is 14.5 Å². The summed E-state index contributed by atoms with van der Waals surface area (Å²) >= 11 is 0. The zero-order valence-electron chi connectivity index (χ0n) is 16.4. The highest BCUT2D eigenvalue weighted by atomic mass is 16.2. The van der Waals surface area contributed by atoms with E-state index in [9.17, 15) is 9.59 Å². The summed E-state index contributed by atoms with van der Waals surface area (Å²) in [4.78, 5) is 27.6. The Balaban J connectivity index is 2.02. The maximum absolute atomic E-state index is 12.9. The van der Waals surface area contributed by atoms with Crippen LogP contribution < -0.4 is 10.2 Å². The summed E-state index contributed by atoms with van der Waals surface area (Å²) in [6, 6.07) is 20.1. The number of nitrogens with zero attached hydrogens (tertiary/aromatic N) is 1. The Morgan fingerprint density at radius 3 is 1.81 bits per heavy atom. The van der Waals surface area contributed by atoms with Crippen LogP contribution in [0.4, 0.5) is 0 Å². The number of amides is 2. The van der Waals surface area contributed by atoms with Gasteiger partial charge >= 0.3 is 0 Å². The van der Waals surface area contributed by atoms with E-state index in [2.05, 4.69) is 5.32 Å². The molecule has 0 saturated heterocycles. The molecule has 144 valence electrons. The summed E-state index contributed by atoms with van der Waals surface area (Å²) < 4.78 is 0. The number of hydrogen-bond donors (Lipinski definition) is 2. The van der Waals surface area contributed by atoms with E-state index < -0.39 is 0 Å². The van der Waals surface area contributed by atoms with E-state index >= 15 is 0 Å². The van der Waals surface area contributed by atoms with Crippen molar-refractivity contribution in [2.75, 3.05) is 20.1 Å². The molecule has 0 aliphatic heterocycles. The number of nitrogens with one attached hydrogen (secondary N) is 2. The van der Waals surface area contributed by atoms with E-state index in [1.54, 1.807) is 0 Å². The molecule has 27 heavy (non-hydrogen) atoms. The fraction of sp³-hybridized carbons (Fsp3) is 0.364. The first kappa shape index (κ1) is 20.6. The number of rotatable bonds is 9. The van der Waals surface area contributed by atoms with E-state index in [1.165, 1.54) is 0 Å². The van der Waals surface area contributed by atoms with E-state index in [-0.39, 0.29) is 30.9 Å². The Morgan fingerprint density at radius 2 is 1.37 bits per heavy atom. The van der Waals surface area contributed by atoms with Crippen molar-refractivity contribution in [2.45, 2.75) is 33.0 Å². The second-order valence-electron chi connectivity index (χ2n) is 7.25. The molecule has 0 radical (unpaired) electrons. The van der Waals surface area contributed by atoms with E-state index in [4.69, 9.17) is 0 Å². The van der Waals surface area contributed by atoms with Crippen LogP contribution in [0.1, 0.15) is 25.0 Å². The van der Waals surface area contributed by atoms with Crippen LogP contribution in [0, 0.1) is 0 Å². The highest BCUT2D eigenvalue weighted by molar-refractivity contribution is 5.79. The van der Waals surface area contributed by atoms with Crippen molar-refractivity contribution in [1.82, 2.24) is 10.2 Å². The molecule has 0 spiro atoms. The van der Waals surface area contributed by atoms with Gasteiger partial charge in [-0.1, -0.05) is 60.7 Å². The fourth-order valence-corrected chi connectivity index (χ4v) is 2.92. The Morgan fingerprint density at radius 1 is 0.889 bits per heavy atom. The molecular weight excluding hydrogens is 338 g/mol. The predicted molar refractivity (Wildman–Crippen MR) is 107 cm³/mol. The Bertz CT molecular complexity index is 675. The monoisotopic (exact) mass is 368 g/mol. The highest BCUT2D eigenvalue weighted by Gasteiger charge is 2.20. The smallest absolute Gasteiger partial charge is 0.278 e. The number of likely N-dealkylation sites (N-methyl/N-ethyl adjacent to an activating group) is 1. The normalized spacial score (nSPS) is 11.9. The number of carbonyl (C=O) groups excluding carboxylic acids is 2. The second kappa shape index (κ2) is 10.5. The molecule has 0 heterocycles. The quantitative estimate of drug-likeness (QED) is 0.700. The van der Waals surface area contributed by atoms with Gasteiger partial charge in [0.1, 0.15) is 0 Å². The predicted octanol–water partition coefficient (Wildman–Crippen LogP) is 1.25. The molecule has 0 saturated carbocycles. The molecule has 5 heteroatoms. The summed E-state index contributed by atoms with van der Waals surface area (Å²) in [5, 5.41) is 2.87. The van der Waals surface area contributed by atoms with Gasteiger partial charge in [0.25, 0.3) is 11.8 Å². The second-order valence-corrected chi connectivity index (χ2v) is 7.25. The molecule has 0 aromatic heterocycles. The number of hydrogen-bond acceptors (Lipinski definition) is 2. The molecule has 2 aromatic carbocycles. The molecule has 2 aromatic rings. The number of benzene rings is 2. The zero-order valence-corrected chi connectivity index (χ0v) is 16.4. The van der Waals surface area contributed by atoms with Crippen LogP contribution in [-0.2, 0) is 22.7 Å². The van der Waals surface area contributed by atoms with E-state index in [0.717, 1.165) is 16.0 Å². The minimum absolute atomic E-state index is 0.0343. The average molecular weight is 369 g/mol. The first-order valence-corrected chi connectivity index (χ1v) is 9.40. The highest BCUT2D eigenvalue weighted by Crippen LogP contribution is 2.10. The van der Waals surface area contributed by atoms with Crippen molar-refractivity contribution in [3.05, 3.63) is 71.8 Å². The van der Waals surface area contributed by atoms with Crippen molar-refractivity contribution in [3.63, 3.8) is 0 Å². The van der Waals surface area contributed by atoms with Crippen molar-refractivity contribution in [1.29, 1.82) is 0 Å². The lowest BCUT2D eigenvalue weighted by Gasteiger charge is -2.24. The summed E-state index contributed by atoms with van der Waals surface area (Å²) in [5.41, 5.74) is 2.19. The van der Waals surface area contributed by atoms with Crippen LogP contribution in [0.5, 0.6) is 0 Å². The van der Waals surface area contributed by atoms with Crippen LogP contribution in [-0.4, -0.2) is 42.9 Å². The summed E-state index contributed by atoms with van der Waals surface area (Å²) in [5.74, 6) is 0.00511. The number of quaternary nitrogens is 1. The first-order valence-electron chi connectivity index (χ1n) is 9.40. The van der Waals surface area contributed by atoms with Crippen LogP contribution in [0.25, 0.3) is 0 Å². The molecular formula is C22H30N3O2+. The van der Waals surface area contributed by atoms with Gasteiger partial charge in [-0.05, 0) is 25.0 Å². The third-order valence-electron chi connectivity index (χ3n) is 4.15. The van der Waals surface area contributed by atoms with Crippen LogP contribution in [0.2, 0.25) is 0 Å². The van der Waals surface area contributed by atoms with Gasteiger partial charge in [-0.2, -0.15) is 0 Å². The first-order chi connectivity index (χ1) is 12.9. The van der Waals surface area contributed by atoms with Crippen molar-refractivity contribution in [3.8, 4) is 0 Å². The van der Waals surface area contributed by atoms with Gasteiger partial charge in [0.2, 0.25) is 0 Å². The van der Waals surface area contributed by atoms with Gasteiger partial charge in [-0.25, -0.2) is 0 Å². The molecule has 0 aliphatic rings. The molecule has 0 fully saturated rings. The Hall–Kier alpha value is -2.66. The largest absolute Gasteiger partial charge is 0.349 e. The lowest BCUT2D eigenvalue weighted by atomic mass is 10.1. The molecule has 1 unspecified atom stereocenters.